The summed E-state index contributed by atoms with van der Waals surface area (Å²) in [5, 5.41) is 11.1. The van der Waals surface area contributed by atoms with Crippen LogP contribution in [0.2, 0.25) is 5.02 Å². The maximum atomic E-state index is 6.04. The number of hydrogen-bond donors (Lipinski definition) is 1. The molecule has 96 valence electrons. The molecule has 0 radical (unpaired) electrons. The highest BCUT2D eigenvalue weighted by Crippen LogP contribution is 2.24. The van der Waals surface area contributed by atoms with E-state index in [1.54, 1.807) is 28.5 Å². The van der Waals surface area contributed by atoms with Crippen LogP contribution in [0, 0.1) is 0 Å². The number of nitrogens with zero attached hydrogens (tertiary/aromatic N) is 4. The summed E-state index contributed by atoms with van der Waals surface area (Å²) in [6.07, 6.45) is 4.94. The molecule has 0 aliphatic heterocycles. The van der Waals surface area contributed by atoms with E-state index >= 15 is 0 Å². The van der Waals surface area contributed by atoms with E-state index in [2.05, 4.69) is 20.4 Å². The molecule has 1 N–H and O–H groups in total. The summed E-state index contributed by atoms with van der Waals surface area (Å²) >= 11 is 7.65. The van der Waals surface area contributed by atoms with Gasteiger partial charge >= 0.3 is 0 Å². The molecule has 2 heterocycles. The van der Waals surface area contributed by atoms with Gasteiger partial charge in [0.1, 0.15) is 17.7 Å². The van der Waals surface area contributed by atoms with Crippen molar-refractivity contribution in [3.05, 3.63) is 52.5 Å². The minimum absolute atomic E-state index is 0.652. The van der Waals surface area contributed by atoms with Crippen molar-refractivity contribution in [2.75, 3.05) is 5.32 Å². The molecule has 1 aromatic carbocycles. The Labute approximate surface area is 118 Å². The third-order valence-corrected chi connectivity index (χ3v) is 3.55. The molecule has 0 amide bonds. The van der Waals surface area contributed by atoms with Crippen molar-refractivity contribution in [3.8, 4) is 5.69 Å². The lowest BCUT2D eigenvalue weighted by Crippen LogP contribution is -2.04. The van der Waals surface area contributed by atoms with Gasteiger partial charge < -0.3 is 5.32 Å². The Morgan fingerprint density at radius 1 is 1.37 bits per heavy atom. The van der Waals surface area contributed by atoms with Crippen LogP contribution in [-0.4, -0.2) is 19.7 Å². The summed E-state index contributed by atoms with van der Waals surface area (Å²) in [5.41, 5.74) is 1.80. The second-order valence-electron chi connectivity index (χ2n) is 3.78. The van der Waals surface area contributed by atoms with Crippen molar-refractivity contribution < 1.29 is 0 Å². The predicted octanol–water partition coefficient (Wildman–Crippen LogP) is 2.99. The van der Waals surface area contributed by atoms with Crippen LogP contribution >= 0.6 is 22.9 Å². The van der Waals surface area contributed by atoms with E-state index in [0.29, 0.717) is 11.6 Å². The fourth-order valence-corrected chi connectivity index (χ4v) is 2.42. The van der Waals surface area contributed by atoms with E-state index in [1.165, 1.54) is 6.33 Å². The molecule has 2 aromatic heterocycles. The summed E-state index contributed by atoms with van der Waals surface area (Å²) in [6, 6.07) is 5.60. The van der Waals surface area contributed by atoms with Crippen LogP contribution in [0.4, 0.5) is 5.69 Å². The SMILES string of the molecule is Clc1ccc(-n2cncn2)c(NCc2nccs2)c1. The van der Waals surface area contributed by atoms with Crippen LogP contribution in [0.5, 0.6) is 0 Å². The predicted molar refractivity (Wildman–Crippen MR) is 75.8 cm³/mol. The quantitative estimate of drug-likeness (QED) is 0.803. The van der Waals surface area contributed by atoms with Gasteiger partial charge in [0.25, 0.3) is 0 Å². The molecule has 0 saturated carbocycles. The Bertz CT molecular complexity index is 651. The van der Waals surface area contributed by atoms with Gasteiger partial charge in [0.05, 0.1) is 17.9 Å². The number of rotatable bonds is 4. The van der Waals surface area contributed by atoms with Gasteiger partial charge in [-0.15, -0.1) is 11.3 Å². The van der Waals surface area contributed by atoms with Crippen LogP contribution < -0.4 is 5.32 Å². The van der Waals surface area contributed by atoms with Gasteiger partial charge in [-0.05, 0) is 18.2 Å². The normalized spacial score (nSPS) is 10.6. The van der Waals surface area contributed by atoms with Gasteiger partial charge in [-0.1, -0.05) is 11.6 Å². The Balaban J connectivity index is 1.88. The summed E-state index contributed by atoms with van der Waals surface area (Å²) in [6.45, 7) is 0.652. The van der Waals surface area contributed by atoms with Crippen molar-refractivity contribution in [1.82, 2.24) is 19.7 Å². The van der Waals surface area contributed by atoms with Crippen LogP contribution in [0.25, 0.3) is 5.69 Å². The van der Waals surface area contributed by atoms with E-state index in [4.69, 9.17) is 11.6 Å². The van der Waals surface area contributed by atoms with Crippen LogP contribution in [0.3, 0.4) is 0 Å². The second kappa shape index (κ2) is 5.38. The number of anilines is 1. The van der Waals surface area contributed by atoms with Gasteiger partial charge in [0.2, 0.25) is 0 Å². The van der Waals surface area contributed by atoms with E-state index in [-0.39, 0.29) is 0 Å². The molecular formula is C12H10ClN5S. The first-order chi connectivity index (χ1) is 9.33. The van der Waals surface area contributed by atoms with Gasteiger partial charge in [-0.25, -0.2) is 14.6 Å². The number of benzene rings is 1. The zero-order chi connectivity index (χ0) is 13.1. The number of thiazole rings is 1. The minimum Gasteiger partial charge on any atom is -0.377 e. The van der Waals surface area contributed by atoms with Crippen LogP contribution in [0.15, 0.2) is 42.4 Å². The molecule has 0 aliphatic rings. The lowest BCUT2D eigenvalue weighted by molar-refractivity contribution is 0.877. The monoisotopic (exact) mass is 291 g/mol. The molecule has 0 atom stereocenters. The van der Waals surface area contributed by atoms with Gasteiger partial charge in [0, 0.05) is 16.6 Å². The molecule has 0 aliphatic carbocycles. The number of hydrogen-bond acceptors (Lipinski definition) is 5. The smallest absolute Gasteiger partial charge is 0.138 e. The molecule has 0 spiro atoms. The molecule has 3 rings (SSSR count). The third-order valence-electron chi connectivity index (χ3n) is 2.54. The van der Waals surface area contributed by atoms with Crippen LogP contribution in [0.1, 0.15) is 5.01 Å². The number of nitrogens with one attached hydrogen (secondary N) is 1. The molecule has 3 aromatic rings. The Morgan fingerprint density at radius 2 is 2.32 bits per heavy atom. The average molecular weight is 292 g/mol. The zero-order valence-corrected chi connectivity index (χ0v) is 11.4. The van der Waals surface area contributed by atoms with Crippen molar-refractivity contribution in [2.45, 2.75) is 6.54 Å². The molecule has 0 fully saturated rings. The summed E-state index contributed by atoms with van der Waals surface area (Å²) < 4.78 is 1.69. The highest BCUT2D eigenvalue weighted by atomic mass is 35.5. The first kappa shape index (κ1) is 12.1. The van der Waals surface area contributed by atoms with E-state index in [1.807, 2.05) is 23.6 Å². The standard InChI is InChI=1S/C12H10ClN5S/c13-9-1-2-11(18-8-14-7-17-18)10(5-9)16-6-12-15-3-4-19-12/h1-5,7-8,16H,6H2. The minimum atomic E-state index is 0.652. The molecule has 0 unspecified atom stereocenters. The third kappa shape index (κ3) is 2.74. The summed E-state index contributed by atoms with van der Waals surface area (Å²) in [4.78, 5) is 8.19. The molecule has 19 heavy (non-hydrogen) atoms. The fraction of sp³-hybridized carbons (Fsp3) is 0.0833. The highest BCUT2D eigenvalue weighted by molar-refractivity contribution is 7.09. The molecule has 7 heteroatoms. The van der Waals surface area contributed by atoms with Gasteiger partial charge in [-0.2, -0.15) is 5.10 Å². The van der Waals surface area contributed by atoms with Gasteiger partial charge in [0.15, 0.2) is 0 Å². The fourth-order valence-electron chi connectivity index (χ4n) is 1.69. The topological polar surface area (TPSA) is 55.6 Å². The van der Waals surface area contributed by atoms with Gasteiger partial charge in [-0.3, -0.25) is 0 Å². The highest BCUT2D eigenvalue weighted by Gasteiger charge is 2.06. The van der Waals surface area contributed by atoms with Crippen molar-refractivity contribution in [3.63, 3.8) is 0 Å². The Hall–Kier alpha value is -1.92. The second-order valence-corrected chi connectivity index (χ2v) is 5.20. The molecular weight excluding hydrogens is 282 g/mol. The van der Waals surface area contributed by atoms with Crippen molar-refractivity contribution >= 4 is 28.6 Å². The van der Waals surface area contributed by atoms with Crippen LogP contribution in [-0.2, 0) is 6.54 Å². The van der Waals surface area contributed by atoms with Crippen molar-refractivity contribution in [2.24, 2.45) is 0 Å². The lowest BCUT2D eigenvalue weighted by atomic mass is 10.2. The lowest BCUT2D eigenvalue weighted by Gasteiger charge is -2.11. The molecule has 0 bridgehead atoms. The Morgan fingerprint density at radius 3 is 3.05 bits per heavy atom. The summed E-state index contributed by atoms with van der Waals surface area (Å²) in [5.74, 6) is 0. The zero-order valence-electron chi connectivity index (χ0n) is 9.82. The maximum absolute atomic E-state index is 6.04. The van der Waals surface area contributed by atoms with Crippen molar-refractivity contribution in [1.29, 1.82) is 0 Å². The summed E-state index contributed by atoms with van der Waals surface area (Å²) in [7, 11) is 0. The van der Waals surface area contributed by atoms with E-state index in [9.17, 15) is 0 Å². The number of halogens is 1. The maximum Gasteiger partial charge on any atom is 0.138 e. The Kier molecular flexibility index (Phi) is 3.43. The first-order valence-electron chi connectivity index (χ1n) is 5.60. The van der Waals surface area contributed by atoms with E-state index < -0.39 is 0 Å². The molecule has 5 nitrogen and oxygen atoms in total. The largest absolute Gasteiger partial charge is 0.377 e. The average Bonchev–Trinajstić information content (AvgIpc) is 3.10. The number of aromatic nitrogens is 4. The first-order valence-corrected chi connectivity index (χ1v) is 6.85. The van der Waals surface area contributed by atoms with E-state index in [0.717, 1.165) is 16.4 Å². The molecule has 0 saturated heterocycles.